The maximum Gasteiger partial charge on any atom is 0.288 e. The monoisotopic (exact) mass is 310 g/mol. The number of amides is 1. The molecule has 0 radical (unpaired) electrons. The van der Waals surface area contributed by atoms with E-state index in [4.69, 9.17) is 0 Å². The molecule has 1 amide bonds. The van der Waals surface area contributed by atoms with Crippen molar-refractivity contribution in [2.75, 3.05) is 14.1 Å². The van der Waals surface area contributed by atoms with E-state index in [-0.39, 0.29) is 28.9 Å². The first-order valence-corrected chi connectivity index (χ1v) is 5.47. The lowest BCUT2D eigenvalue weighted by molar-refractivity contribution is -0.947. The highest BCUT2D eigenvalue weighted by Gasteiger charge is 2.28. The van der Waals surface area contributed by atoms with Crippen LogP contribution in [0.25, 0.3) is 0 Å². The topological polar surface area (TPSA) is 29.1 Å². The van der Waals surface area contributed by atoms with E-state index in [1.54, 1.807) is 0 Å². The van der Waals surface area contributed by atoms with Crippen molar-refractivity contribution in [1.29, 1.82) is 0 Å². The van der Waals surface area contributed by atoms with Gasteiger partial charge in [0.2, 0.25) is 0 Å². The smallest absolute Gasteiger partial charge is 0.288 e. The van der Waals surface area contributed by atoms with Gasteiger partial charge in [-0.05, 0) is 6.08 Å². The zero-order valence-corrected chi connectivity index (χ0v) is 12.4. The number of hydrogen-bond donors (Lipinski definition) is 1. The average Bonchev–Trinajstić information content (AvgIpc) is 2.30. The third kappa shape index (κ3) is 4.13. The van der Waals surface area contributed by atoms with E-state index in [9.17, 15) is 4.79 Å². The summed E-state index contributed by atoms with van der Waals surface area (Å²) in [6.45, 7) is 7.30. The number of benzene rings is 1. The molecule has 0 saturated carbocycles. The normalized spacial score (nSPS) is 11.9. The number of nitrogens with one attached hydrogen (secondary N) is 1. The van der Waals surface area contributed by atoms with Gasteiger partial charge in [-0.2, -0.15) is 5.43 Å². The Kier molecular flexibility index (Phi) is 6.58. The molecule has 0 fully saturated rings. The van der Waals surface area contributed by atoms with Gasteiger partial charge in [-0.3, -0.25) is 4.79 Å². The zero-order valence-electron chi connectivity index (χ0n) is 10.8. The van der Waals surface area contributed by atoms with Crippen molar-refractivity contribution in [3.05, 3.63) is 61.2 Å². The molecule has 0 spiro atoms. The predicted octanol–water partition coefficient (Wildman–Crippen LogP) is -0.789. The summed E-state index contributed by atoms with van der Waals surface area (Å²) in [6, 6.07) is 9.95. The summed E-state index contributed by atoms with van der Waals surface area (Å²) >= 11 is 0. The van der Waals surface area contributed by atoms with E-state index in [1.807, 2.05) is 50.5 Å². The number of quaternary nitrogens is 1. The Balaban J connectivity index is 0.00000289. The first kappa shape index (κ1) is 16.6. The second-order valence-corrected chi connectivity index (χ2v) is 4.31. The molecule has 0 saturated heterocycles. The maximum absolute atomic E-state index is 11.4. The third-order valence-electron chi connectivity index (χ3n) is 2.64. The maximum atomic E-state index is 11.4. The number of likely N-dealkylation sites (N-methyl/N-ethyl adjacent to an activating group) is 1. The molecular weight excluding hydrogens is 292 g/mol. The fourth-order valence-electron chi connectivity index (χ4n) is 1.82. The minimum Gasteiger partial charge on any atom is -1.00 e. The van der Waals surface area contributed by atoms with Gasteiger partial charge in [-0.25, -0.2) is 4.59 Å². The van der Waals surface area contributed by atoms with E-state index in [0.29, 0.717) is 4.59 Å². The average molecular weight is 311 g/mol. The number of halogens is 1. The van der Waals surface area contributed by atoms with Gasteiger partial charge in [0.15, 0.2) is 6.04 Å². The molecule has 1 N–H and O–H groups in total. The third-order valence-corrected chi connectivity index (χ3v) is 2.64. The molecule has 0 aromatic heterocycles. The van der Waals surface area contributed by atoms with Crippen molar-refractivity contribution < 1.29 is 26.4 Å². The van der Waals surface area contributed by atoms with E-state index >= 15 is 0 Å². The molecular formula is C14H19BrN2O. The molecule has 4 heteroatoms. The highest BCUT2D eigenvalue weighted by atomic mass is 79.9. The Bertz CT molecular complexity index is 415. The molecule has 0 aliphatic heterocycles. The molecule has 0 heterocycles. The van der Waals surface area contributed by atoms with Crippen LogP contribution in [0.2, 0.25) is 0 Å². The molecule has 1 rings (SSSR count). The number of hydrogen-bond acceptors (Lipinski definition) is 1. The predicted molar refractivity (Wildman–Crippen MR) is 69.8 cm³/mol. The number of nitrogens with zero attached hydrogens (tertiary/aromatic N) is 1. The molecule has 3 nitrogen and oxygen atoms in total. The van der Waals surface area contributed by atoms with Gasteiger partial charge in [0.1, 0.15) is 0 Å². The van der Waals surface area contributed by atoms with Crippen LogP contribution in [-0.2, 0) is 4.79 Å². The highest BCUT2D eigenvalue weighted by Crippen LogP contribution is 2.23. The summed E-state index contributed by atoms with van der Waals surface area (Å²) in [5.41, 5.74) is 3.97. The first-order chi connectivity index (χ1) is 8.01. The van der Waals surface area contributed by atoms with E-state index in [0.717, 1.165) is 5.56 Å². The Morgan fingerprint density at radius 3 is 2.28 bits per heavy atom. The van der Waals surface area contributed by atoms with Crippen molar-refractivity contribution in [2.24, 2.45) is 0 Å². The molecule has 1 unspecified atom stereocenters. The Hall–Kier alpha value is -1.39. The van der Waals surface area contributed by atoms with Gasteiger partial charge in [-0.1, -0.05) is 43.5 Å². The van der Waals surface area contributed by atoms with Crippen LogP contribution < -0.4 is 22.4 Å². The Labute approximate surface area is 119 Å². The Morgan fingerprint density at radius 1 is 1.28 bits per heavy atom. The first-order valence-electron chi connectivity index (χ1n) is 5.47. The van der Waals surface area contributed by atoms with Gasteiger partial charge in [0.05, 0.1) is 14.1 Å². The van der Waals surface area contributed by atoms with Gasteiger partial charge in [-0.15, -0.1) is 0 Å². The van der Waals surface area contributed by atoms with Crippen molar-refractivity contribution >= 4 is 5.91 Å². The fourth-order valence-corrected chi connectivity index (χ4v) is 1.82. The summed E-state index contributed by atoms with van der Waals surface area (Å²) in [5, 5.41) is 0. The van der Waals surface area contributed by atoms with Crippen LogP contribution in [0.4, 0.5) is 0 Å². The lowest BCUT2D eigenvalue weighted by Gasteiger charge is -2.35. The van der Waals surface area contributed by atoms with Gasteiger partial charge >= 0.3 is 0 Å². The minimum absolute atomic E-state index is 0. The van der Waals surface area contributed by atoms with Crippen LogP contribution in [-0.4, -0.2) is 24.6 Å². The van der Waals surface area contributed by atoms with Crippen molar-refractivity contribution in [3.8, 4) is 0 Å². The molecule has 0 aliphatic rings. The molecule has 0 bridgehead atoms. The van der Waals surface area contributed by atoms with E-state index < -0.39 is 0 Å². The summed E-state index contributed by atoms with van der Waals surface area (Å²) in [7, 11) is 3.83. The van der Waals surface area contributed by atoms with Crippen LogP contribution >= 0.6 is 0 Å². The summed E-state index contributed by atoms with van der Waals surface area (Å²) in [6.07, 6.45) is 3.10. The lowest BCUT2D eigenvalue weighted by Crippen LogP contribution is -3.00. The quantitative estimate of drug-likeness (QED) is 0.328. The van der Waals surface area contributed by atoms with E-state index in [2.05, 4.69) is 18.6 Å². The lowest BCUT2D eigenvalue weighted by atomic mass is 10.1. The Morgan fingerprint density at radius 2 is 1.83 bits per heavy atom. The largest absolute Gasteiger partial charge is 1.00 e. The van der Waals surface area contributed by atoms with Crippen LogP contribution in [0.3, 0.4) is 0 Å². The molecule has 98 valence electrons. The number of rotatable bonds is 5. The van der Waals surface area contributed by atoms with Crippen LogP contribution in [0.5, 0.6) is 0 Å². The van der Waals surface area contributed by atoms with Crippen LogP contribution in [0.1, 0.15) is 11.6 Å². The molecule has 18 heavy (non-hydrogen) atoms. The SMILES string of the molecule is C=CC(=O)N[N+](C)(C)C(C=C)c1ccccc1.[Br-]. The summed E-state index contributed by atoms with van der Waals surface area (Å²) in [5.74, 6) is -0.196. The van der Waals surface area contributed by atoms with E-state index in [1.165, 1.54) is 6.08 Å². The number of carbonyl (C=O) groups excluding carboxylic acids is 1. The second-order valence-electron chi connectivity index (χ2n) is 4.31. The van der Waals surface area contributed by atoms with Gasteiger partial charge < -0.3 is 17.0 Å². The van der Waals surface area contributed by atoms with Gasteiger partial charge in [0.25, 0.3) is 5.91 Å². The highest BCUT2D eigenvalue weighted by molar-refractivity contribution is 5.85. The summed E-state index contributed by atoms with van der Waals surface area (Å²) in [4.78, 5) is 11.4. The molecule has 1 atom stereocenters. The fraction of sp³-hybridized carbons (Fsp3) is 0.214. The number of carbonyl (C=O) groups is 1. The molecule has 0 aliphatic carbocycles. The van der Waals surface area contributed by atoms with Crippen molar-refractivity contribution in [3.63, 3.8) is 0 Å². The minimum atomic E-state index is -0.196. The zero-order chi connectivity index (χ0) is 12.9. The standard InChI is InChI=1S/C14H18N2O.BrH/c1-5-13(12-10-8-7-9-11-12)16(3,4)15-14(17)6-2;/h5-11,13H,1-2H2,3-4H3;1H. The van der Waals surface area contributed by atoms with Crippen molar-refractivity contribution in [1.82, 2.24) is 5.43 Å². The molecule has 1 aromatic rings. The van der Waals surface area contributed by atoms with Gasteiger partial charge in [0, 0.05) is 11.6 Å². The van der Waals surface area contributed by atoms with Crippen molar-refractivity contribution in [2.45, 2.75) is 6.04 Å². The summed E-state index contributed by atoms with van der Waals surface area (Å²) < 4.78 is 0.304. The second kappa shape index (κ2) is 7.13. The van der Waals surface area contributed by atoms with Crippen LogP contribution in [0.15, 0.2) is 55.6 Å². The van der Waals surface area contributed by atoms with Crippen LogP contribution in [0, 0.1) is 0 Å². The molecule has 1 aromatic carbocycles.